The SMILES string of the molecule is Nc1nc2c(ncn2[C@@H]2O[C@@H]3COP(=O)(S)O[C@H]4[C@H](F)[C@H](n5cnc6c(N)ccnc65)O[C@@H]4COP(O)(=S)O[C@@H]2[C@H]3F)c(=O)[nH]1.Nc1nc2c(ncn2[C@@H]2O[C@@H]3COP(O)(=S)O[C@H]4C[C@H](c5cnc6c(N)ccnn56)O[C@@H]4COP(O)(=S)O[C@@H]2C3)c(=O)[nH]1.Nc1nc2c(ncn2[C@@H]2O[C@@H]3COP(O)(=S)O[C@H]4[C@H]5OC[C@]4(COP(O)(=S)O[C@@H]2[C@@H]3F)O[C@H]5n2cnc3c(N)ccnc32)c(=O)[nH]1. The summed E-state index contributed by atoms with van der Waals surface area (Å²) in [4.78, 5) is 145. The number of imidazole rings is 6. The first-order valence-electron chi connectivity index (χ1n) is 39.5. The molecule has 22 heterocycles. The smallest absolute Gasteiger partial charge is 0.386 e. The molecule has 0 saturated carbocycles. The zero-order valence-electron chi connectivity index (χ0n) is 67.4. The lowest BCUT2D eigenvalue weighted by Crippen LogP contribution is -2.45. The fraction of sp³-hybridized carbons (Fsp3) is 0.484. The number of fused-ring (bicyclic) bond motifs is 14. The number of nitrogens with two attached hydrogens (primary N) is 6. The number of anilines is 6. The van der Waals surface area contributed by atoms with Gasteiger partial charge in [-0.3, -0.25) is 74.8 Å². The van der Waals surface area contributed by atoms with Gasteiger partial charge in [0.2, 0.25) is 17.8 Å². The van der Waals surface area contributed by atoms with E-state index in [0.29, 0.717) is 33.9 Å². The van der Waals surface area contributed by atoms with Gasteiger partial charge in [-0.25, -0.2) is 62.1 Å². The van der Waals surface area contributed by atoms with Crippen LogP contribution in [0.15, 0.2) is 89.0 Å². The molecule has 20 N–H and O–H groups in total. The molecule has 22 rings (SSSR count). The van der Waals surface area contributed by atoms with Crippen LogP contribution >= 0.6 is 52.6 Å². The van der Waals surface area contributed by atoms with Gasteiger partial charge in [0.1, 0.15) is 83.8 Å². The molecule has 10 aliphatic heterocycles. The molecule has 0 amide bonds. The summed E-state index contributed by atoms with van der Waals surface area (Å²) in [6.07, 6.45) is -14.7. The molecule has 55 nitrogen and oxygen atoms in total. The fourth-order valence-electron chi connectivity index (χ4n) is 16.7. The standard InChI is InChI=1S/C22H24FN9O10P2S2.C21H23F2N9O9P2S2.C21H25N9O9P2S2/c23-10-9-3-37-43(34,45)42-15-14-20(31-6-27-11-8(24)1-2-26-16(11)31)40-22(15,4-36-14)5-38-44(35,46)41-13(10)19(39-9)32-7-28-12-17(32)29-21(25)30-18(12)33;22-10-8-3-36-42(34,44)40-14-9(39-19(11(14)23)31-5-27-12-7(24)1-2-26-16(12)31)4-37-43(35,45)41-15(10)20(38-8)32-6-28-13-17(32)29-21(25)30-18(13)33;22-10-1-2-26-30-11(5-24-17(10)30)12-4-13-15(37-12)7-35-41(33,43)39-14-3-9(6-34-40(32,42)38-13)36-20(14)29-8-25-16-18(29)27-21(23)28-19(16)31/h1-2,6-7,9-10,13-15,19-20H,3-5H2,(H2,24,26)(H,34,45)(H,35,46)(H3,25,29,30,33);1-2,5-6,8-11,14-15,19-20H,3-4H2,(H2,24,26)(H,34,44)(H,35,45)(H3,25,29,30,33);1-2,5,8-9,12-15,20H,3-4,6-7,22H2,(H,32,42)(H,33,43)(H3,23,27,28,31)/t9-,10-,13-,14-,15+,19-,20-,22-,43?,44?;8-,9-,10+,11+,14-,15-,19-,20-,42?,43?;9-,12+,13-,14+,15+,20+,40?,41?/m110/s1. The molecule has 28 atom stereocenters. The van der Waals surface area contributed by atoms with E-state index in [0.717, 1.165) is 10.9 Å². The van der Waals surface area contributed by atoms with E-state index in [-0.39, 0.29) is 101 Å². The number of nitrogen functional groups attached to an aromatic ring is 6. The third-order valence-electron chi connectivity index (χ3n) is 22.7. The number of nitrogens with one attached hydrogen (secondary N) is 3. The summed E-state index contributed by atoms with van der Waals surface area (Å²) in [6, 6.07) is 4.74. The third kappa shape index (κ3) is 18.0. The fourth-order valence-corrected chi connectivity index (χ4v) is 25.4. The van der Waals surface area contributed by atoms with Gasteiger partial charge in [-0.15, -0.1) is 0 Å². The zero-order chi connectivity index (χ0) is 94.1. The molecule has 0 aromatic carbocycles. The van der Waals surface area contributed by atoms with Gasteiger partial charge in [0.05, 0.1) is 125 Å². The van der Waals surface area contributed by atoms with Crippen LogP contribution in [0.5, 0.6) is 0 Å². The summed E-state index contributed by atoms with van der Waals surface area (Å²) < 4.78 is 180. The predicted molar refractivity (Wildman–Crippen MR) is 473 cm³/mol. The molecule has 12 aromatic heterocycles. The summed E-state index contributed by atoms with van der Waals surface area (Å²) >= 11 is 30.4. The number of thiol groups is 1. The van der Waals surface area contributed by atoms with Crippen molar-refractivity contribution in [1.29, 1.82) is 0 Å². The summed E-state index contributed by atoms with van der Waals surface area (Å²) in [5.41, 5.74) is 35.0. The summed E-state index contributed by atoms with van der Waals surface area (Å²) in [7, 11) is 0. The third-order valence-corrected chi connectivity index (χ3v) is 32.1. The second kappa shape index (κ2) is 35.6. The Hall–Kier alpha value is -7.63. The Labute approximate surface area is 774 Å². The Kier molecular flexibility index (Phi) is 25.0. The molecule has 10 fully saturated rings. The highest BCUT2D eigenvalue weighted by atomic mass is 32.7. The van der Waals surface area contributed by atoms with Crippen LogP contribution in [-0.2, 0) is 151 Å². The lowest BCUT2D eigenvalue weighted by Gasteiger charge is -2.33. The van der Waals surface area contributed by atoms with Crippen molar-refractivity contribution in [3.05, 3.63) is 111 Å². The van der Waals surface area contributed by atoms with Gasteiger partial charge >= 0.3 is 40.4 Å². The van der Waals surface area contributed by atoms with E-state index >= 15 is 13.2 Å². The molecule has 6 unspecified atom stereocenters. The minimum Gasteiger partial charge on any atom is -0.397 e. The number of hydrogen-bond donors (Lipinski definition) is 15. The number of alkyl halides is 3. The Bertz CT molecular complexity index is 7160. The Morgan fingerprint density at radius 3 is 1.44 bits per heavy atom. The van der Waals surface area contributed by atoms with Gasteiger partial charge in [-0.05, 0) is 77.2 Å². The van der Waals surface area contributed by atoms with E-state index in [4.69, 9.17) is 181 Å². The van der Waals surface area contributed by atoms with Gasteiger partial charge < -0.3 is 124 Å². The predicted octanol–water partition coefficient (Wildman–Crippen LogP) is 1.55. The van der Waals surface area contributed by atoms with E-state index in [9.17, 15) is 43.4 Å². The van der Waals surface area contributed by atoms with Gasteiger partial charge in [-0.1, -0.05) is 12.2 Å². The quantitative estimate of drug-likeness (QED) is 0.0829. The van der Waals surface area contributed by atoms with Crippen molar-refractivity contribution in [2.75, 3.05) is 80.7 Å². The Morgan fingerprint density at radius 2 is 0.881 bits per heavy atom. The molecular formula is C64H72F3N27O28P6S6. The summed E-state index contributed by atoms with van der Waals surface area (Å²) in [5.74, 6) is -0.616. The molecule has 0 radical (unpaired) electrons. The largest absolute Gasteiger partial charge is 0.397 e. The maximum absolute atomic E-state index is 16.0. The van der Waals surface area contributed by atoms with Crippen molar-refractivity contribution in [2.24, 2.45) is 0 Å². The Morgan fingerprint density at radius 1 is 0.425 bits per heavy atom. The van der Waals surface area contributed by atoms with Gasteiger partial charge in [-0.2, -0.15) is 20.1 Å². The molecule has 10 saturated heterocycles. The molecule has 12 aromatic rings. The maximum atomic E-state index is 16.0. The van der Waals surface area contributed by atoms with E-state index in [2.05, 4.69) is 87.1 Å². The monoisotopic (exact) mass is 2100 g/mol. The average Bonchev–Trinajstić information content (AvgIpc) is 1.55. The van der Waals surface area contributed by atoms with Crippen LogP contribution in [0, 0.1) is 0 Å². The number of pyridine rings is 2. The van der Waals surface area contributed by atoms with E-state index in [1.54, 1.807) is 27.4 Å². The van der Waals surface area contributed by atoms with Gasteiger partial charge in [0, 0.05) is 25.2 Å². The van der Waals surface area contributed by atoms with E-state index in [1.807, 2.05) is 0 Å². The minimum atomic E-state index is -4.44. The highest BCUT2D eigenvalue weighted by Crippen LogP contribution is 2.63. The normalized spacial score (nSPS) is 37.6. The van der Waals surface area contributed by atoms with Gasteiger partial charge in [0.15, 0.2) is 100 Å². The van der Waals surface area contributed by atoms with Crippen LogP contribution < -0.4 is 51.1 Å². The van der Waals surface area contributed by atoms with Crippen LogP contribution in [0.4, 0.5) is 48.1 Å². The molecule has 70 heteroatoms. The van der Waals surface area contributed by atoms with Gasteiger partial charge in [0.25, 0.3) is 16.7 Å². The topological polar surface area (TPSA) is 732 Å². The number of aromatic nitrogens is 21. The van der Waals surface area contributed by atoms with Crippen molar-refractivity contribution in [1.82, 2.24) is 102 Å². The number of aromatic amines is 3. The first kappa shape index (κ1) is 94.0. The number of hydrogen-bond acceptors (Lipinski definition) is 46. The minimum absolute atomic E-state index is 0.0208. The van der Waals surface area contributed by atoms with Crippen LogP contribution in [0.1, 0.15) is 55.8 Å². The number of H-pyrrole nitrogens is 3. The number of rotatable bonds is 6. The molecule has 0 spiro atoms. The van der Waals surface area contributed by atoms with E-state index in [1.165, 1.54) is 63.7 Å². The highest BCUT2D eigenvalue weighted by molar-refractivity contribution is 8.44. The number of ether oxygens (including phenoxy) is 7. The number of halogens is 3. The van der Waals surface area contributed by atoms with Crippen LogP contribution in [0.2, 0.25) is 0 Å². The van der Waals surface area contributed by atoms with Crippen LogP contribution in [0.3, 0.4) is 0 Å². The second-order valence-electron chi connectivity index (χ2n) is 31.2. The Balaban J connectivity index is 0.000000125. The summed E-state index contributed by atoms with van der Waals surface area (Å²) in [5, 5.41) is 4.31. The molecule has 718 valence electrons. The van der Waals surface area contributed by atoms with Crippen molar-refractivity contribution in [2.45, 2.75) is 147 Å². The average molecular weight is 2100 g/mol. The van der Waals surface area contributed by atoms with Crippen molar-refractivity contribution in [3.63, 3.8) is 0 Å². The second-order valence-corrected chi connectivity index (χ2v) is 48.1. The first-order valence-corrected chi connectivity index (χ1v) is 55.1. The molecule has 0 aliphatic carbocycles. The van der Waals surface area contributed by atoms with Crippen molar-refractivity contribution in [3.8, 4) is 0 Å². The zero-order valence-corrected chi connectivity index (χ0v) is 77.7. The van der Waals surface area contributed by atoms with Crippen LogP contribution in [-0.4, -0.2) is 270 Å². The lowest BCUT2D eigenvalue weighted by molar-refractivity contribution is -0.183. The maximum Gasteiger partial charge on any atom is 0.386 e. The highest BCUT2D eigenvalue weighted by Gasteiger charge is 2.66. The van der Waals surface area contributed by atoms with E-state index < -0.39 is 218 Å². The first-order chi connectivity index (χ1) is 63.6. The molecule has 8 bridgehead atoms. The molecule has 10 aliphatic rings. The number of nitrogens with zero attached hydrogens (tertiary/aromatic N) is 18. The molecular weight excluding hydrogens is 2030 g/mol. The van der Waals surface area contributed by atoms with Crippen molar-refractivity contribution < 1.29 is 130 Å². The molecule has 134 heavy (non-hydrogen) atoms. The summed E-state index contributed by atoms with van der Waals surface area (Å²) in [6.45, 7) is -28.0. The van der Waals surface area contributed by atoms with Crippen molar-refractivity contribution >= 4 is 208 Å². The van der Waals surface area contributed by atoms with Crippen LogP contribution in [0.25, 0.3) is 61.5 Å². The lowest BCUT2D eigenvalue weighted by atomic mass is 10.0.